The van der Waals surface area contributed by atoms with E-state index in [2.05, 4.69) is 24.3 Å². The van der Waals surface area contributed by atoms with E-state index in [0.717, 1.165) is 17.2 Å². The molecule has 0 aliphatic heterocycles. The highest BCUT2D eigenvalue weighted by Crippen LogP contribution is 2.23. The molecule has 0 aliphatic rings. The molecule has 4 rings (SSSR count). The van der Waals surface area contributed by atoms with E-state index in [0.29, 0.717) is 16.6 Å². The van der Waals surface area contributed by atoms with Gasteiger partial charge in [-0.2, -0.15) is 8.75 Å². The fourth-order valence-corrected chi connectivity index (χ4v) is 3.86. The molecule has 28 heavy (non-hydrogen) atoms. The largest absolute Gasteiger partial charge is 0.403 e. The van der Waals surface area contributed by atoms with Crippen molar-refractivity contribution >= 4 is 44.5 Å². The lowest BCUT2D eigenvalue weighted by Crippen LogP contribution is -2.12. The van der Waals surface area contributed by atoms with Gasteiger partial charge in [0.25, 0.3) is 5.91 Å². The van der Waals surface area contributed by atoms with E-state index in [-0.39, 0.29) is 22.6 Å². The van der Waals surface area contributed by atoms with Gasteiger partial charge in [-0.3, -0.25) is 10.1 Å². The van der Waals surface area contributed by atoms with Crippen molar-refractivity contribution < 1.29 is 17.6 Å². The summed E-state index contributed by atoms with van der Waals surface area (Å²) < 4.78 is 37.4. The molecule has 0 unspecified atom stereocenters. The molecule has 4 aromatic rings. The van der Waals surface area contributed by atoms with Crippen LogP contribution in [0.15, 0.2) is 51.8 Å². The first kappa shape index (κ1) is 18.2. The monoisotopic (exact) mass is 415 g/mol. The normalized spacial score (nSPS) is 11.6. The predicted octanol–water partition coefficient (Wildman–Crippen LogP) is 2.79. The number of carbonyl (C=O) groups excluding carboxylic acids is 1. The van der Waals surface area contributed by atoms with E-state index in [1.54, 1.807) is 37.3 Å². The summed E-state index contributed by atoms with van der Waals surface area (Å²) in [5.41, 5.74) is 2.27. The molecule has 0 atom stereocenters. The van der Waals surface area contributed by atoms with Crippen LogP contribution in [0, 0.1) is 0 Å². The number of amides is 1. The quantitative estimate of drug-likeness (QED) is 0.527. The minimum absolute atomic E-state index is 0.0197. The molecule has 0 aliphatic carbocycles. The Labute approximate surface area is 163 Å². The van der Waals surface area contributed by atoms with Crippen molar-refractivity contribution in [1.82, 2.24) is 18.9 Å². The summed E-state index contributed by atoms with van der Waals surface area (Å²) >= 11 is 1.07. The topological polar surface area (TPSA) is 128 Å². The maximum absolute atomic E-state index is 12.4. The molecule has 2 heterocycles. The average molecular weight is 415 g/mol. The third-order valence-corrected chi connectivity index (χ3v) is 6.31. The Morgan fingerprint density at radius 3 is 2.57 bits per heavy atom. The van der Waals surface area contributed by atoms with Crippen LogP contribution >= 0.6 is 11.7 Å². The minimum Gasteiger partial charge on any atom is -0.403 e. The van der Waals surface area contributed by atoms with Gasteiger partial charge in [0.15, 0.2) is 9.84 Å². The first-order valence-electron chi connectivity index (χ1n) is 8.16. The summed E-state index contributed by atoms with van der Waals surface area (Å²) in [5, 5.41) is 10.2. The van der Waals surface area contributed by atoms with Gasteiger partial charge in [0, 0.05) is 11.1 Å². The number of nitrogens with one attached hydrogen (secondary N) is 1. The van der Waals surface area contributed by atoms with Gasteiger partial charge in [0.1, 0.15) is 11.0 Å². The lowest BCUT2D eigenvalue weighted by Gasteiger charge is -2.02. The number of anilines is 1. The summed E-state index contributed by atoms with van der Waals surface area (Å²) in [6.07, 6.45) is 0. The average Bonchev–Trinajstić information content (AvgIpc) is 3.36. The standard InChI is InChI=1S/C17H13N5O4S2/c1-2-28(24,25)12-6-3-10(4-7-12)16-19-20-17(26-16)18-15(23)11-5-8-13-14(9-11)22-27-21-13/h3-9H,2H2,1H3,(H,18,20,23). The number of fused-ring (bicyclic) bond motifs is 1. The number of sulfone groups is 1. The molecule has 0 bridgehead atoms. The van der Waals surface area contributed by atoms with Gasteiger partial charge >= 0.3 is 6.01 Å². The molecule has 2 aromatic carbocycles. The van der Waals surface area contributed by atoms with E-state index in [1.807, 2.05) is 0 Å². The van der Waals surface area contributed by atoms with Crippen LogP contribution in [0.5, 0.6) is 0 Å². The third-order valence-electron chi connectivity index (χ3n) is 4.00. The summed E-state index contributed by atoms with van der Waals surface area (Å²) in [7, 11) is -3.28. The number of rotatable bonds is 5. The fourth-order valence-electron chi connectivity index (χ4n) is 2.45. The number of hydrogen-bond donors (Lipinski definition) is 1. The Balaban J connectivity index is 1.51. The Morgan fingerprint density at radius 2 is 1.82 bits per heavy atom. The molecule has 0 radical (unpaired) electrons. The summed E-state index contributed by atoms with van der Waals surface area (Å²) in [5.74, 6) is -0.240. The Kier molecular flexibility index (Phi) is 4.61. The predicted molar refractivity (Wildman–Crippen MR) is 103 cm³/mol. The van der Waals surface area contributed by atoms with E-state index >= 15 is 0 Å². The van der Waals surface area contributed by atoms with Crippen molar-refractivity contribution in [3.8, 4) is 11.5 Å². The van der Waals surface area contributed by atoms with E-state index in [9.17, 15) is 13.2 Å². The van der Waals surface area contributed by atoms with Crippen LogP contribution in [0.2, 0.25) is 0 Å². The second-order valence-electron chi connectivity index (χ2n) is 5.76. The van der Waals surface area contributed by atoms with Crippen molar-refractivity contribution in [1.29, 1.82) is 0 Å². The maximum Gasteiger partial charge on any atom is 0.322 e. The number of benzene rings is 2. The second kappa shape index (κ2) is 7.09. The molecule has 0 saturated heterocycles. The zero-order chi connectivity index (χ0) is 19.7. The highest BCUT2D eigenvalue weighted by Gasteiger charge is 2.15. The van der Waals surface area contributed by atoms with Crippen LogP contribution < -0.4 is 5.32 Å². The molecule has 9 nitrogen and oxygen atoms in total. The SMILES string of the molecule is CCS(=O)(=O)c1ccc(-c2nnc(NC(=O)c3ccc4nsnc4c3)o2)cc1. The van der Waals surface area contributed by atoms with Crippen molar-refractivity contribution in [2.75, 3.05) is 11.1 Å². The van der Waals surface area contributed by atoms with Crippen LogP contribution in [-0.2, 0) is 9.84 Å². The van der Waals surface area contributed by atoms with E-state index in [1.165, 1.54) is 12.1 Å². The number of aromatic nitrogens is 4. The van der Waals surface area contributed by atoms with Gasteiger partial charge in [-0.15, -0.1) is 5.10 Å². The lowest BCUT2D eigenvalue weighted by atomic mass is 10.2. The molecular weight excluding hydrogens is 402 g/mol. The Bertz CT molecular complexity index is 1260. The van der Waals surface area contributed by atoms with Crippen LogP contribution in [0.25, 0.3) is 22.5 Å². The van der Waals surface area contributed by atoms with Gasteiger partial charge in [0.2, 0.25) is 5.89 Å². The van der Waals surface area contributed by atoms with Crippen molar-refractivity contribution in [2.24, 2.45) is 0 Å². The van der Waals surface area contributed by atoms with Gasteiger partial charge in [-0.05, 0) is 42.5 Å². The van der Waals surface area contributed by atoms with Crippen molar-refractivity contribution in [3.63, 3.8) is 0 Å². The number of nitrogens with zero attached hydrogens (tertiary/aromatic N) is 4. The molecule has 1 amide bonds. The fraction of sp³-hybridized carbons (Fsp3) is 0.118. The maximum atomic E-state index is 12.4. The van der Waals surface area contributed by atoms with Crippen molar-refractivity contribution in [2.45, 2.75) is 11.8 Å². The molecule has 0 spiro atoms. The van der Waals surface area contributed by atoms with Crippen LogP contribution in [0.3, 0.4) is 0 Å². The van der Waals surface area contributed by atoms with Crippen LogP contribution in [0.4, 0.5) is 6.01 Å². The number of hydrogen-bond acceptors (Lipinski definition) is 9. The molecule has 1 N–H and O–H groups in total. The van der Waals surface area contributed by atoms with Gasteiger partial charge in [0.05, 0.1) is 22.4 Å². The number of carbonyl (C=O) groups is 1. The highest BCUT2D eigenvalue weighted by atomic mass is 32.2. The van der Waals surface area contributed by atoms with Gasteiger partial charge < -0.3 is 4.42 Å². The summed E-state index contributed by atoms with van der Waals surface area (Å²) in [6, 6.07) is 11.0. The minimum atomic E-state index is -3.28. The zero-order valence-electron chi connectivity index (χ0n) is 14.5. The smallest absolute Gasteiger partial charge is 0.322 e. The van der Waals surface area contributed by atoms with Crippen LogP contribution in [-0.4, -0.2) is 39.0 Å². The lowest BCUT2D eigenvalue weighted by molar-refractivity contribution is 0.102. The first-order chi connectivity index (χ1) is 13.5. The summed E-state index contributed by atoms with van der Waals surface area (Å²) in [4.78, 5) is 12.6. The van der Waals surface area contributed by atoms with E-state index in [4.69, 9.17) is 4.42 Å². The molecule has 0 fully saturated rings. The highest BCUT2D eigenvalue weighted by molar-refractivity contribution is 7.91. The van der Waals surface area contributed by atoms with Gasteiger partial charge in [-0.1, -0.05) is 12.0 Å². The molecular formula is C17H13N5O4S2. The Hall–Kier alpha value is -3.18. The Morgan fingerprint density at radius 1 is 1.07 bits per heavy atom. The molecule has 142 valence electrons. The molecule has 2 aromatic heterocycles. The van der Waals surface area contributed by atoms with Crippen molar-refractivity contribution in [3.05, 3.63) is 48.0 Å². The van der Waals surface area contributed by atoms with E-state index < -0.39 is 15.7 Å². The third kappa shape index (κ3) is 3.49. The van der Waals surface area contributed by atoms with Gasteiger partial charge in [-0.25, -0.2) is 8.42 Å². The first-order valence-corrected chi connectivity index (χ1v) is 10.5. The molecule has 11 heteroatoms. The zero-order valence-corrected chi connectivity index (χ0v) is 16.1. The second-order valence-corrected chi connectivity index (χ2v) is 8.57. The van der Waals surface area contributed by atoms with Crippen LogP contribution in [0.1, 0.15) is 17.3 Å². The summed E-state index contributed by atoms with van der Waals surface area (Å²) in [6.45, 7) is 1.58. The molecule has 0 saturated carbocycles.